The van der Waals surface area contributed by atoms with Crippen molar-refractivity contribution in [2.24, 2.45) is 0 Å². The minimum atomic E-state index is 0.422. The van der Waals surface area contributed by atoms with Gasteiger partial charge >= 0.3 is 0 Å². The zero-order valence-corrected chi connectivity index (χ0v) is 12.3. The lowest BCUT2D eigenvalue weighted by molar-refractivity contribution is 0.241. The molecule has 2 nitrogen and oxygen atoms in total. The zero-order valence-electron chi connectivity index (χ0n) is 10.0. The van der Waals surface area contributed by atoms with Crippen molar-refractivity contribution in [3.63, 3.8) is 0 Å². The van der Waals surface area contributed by atoms with Crippen molar-refractivity contribution in [2.75, 3.05) is 6.73 Å². The molecule has 0 aliphatic heterocycles. The second kappa shape index (κ2) is 6.85. The predicted octanol–water partition coefficient (Wildman–Crippen LogP) is 4.91. The largest absolute Gasteiger partial charge is 0.475 e. The average Bonchev–Trinajstić information content (AvgIpc) is 2.34. The first-order valence-electron chi connectivity index (χ1n) is 6.17. The third kappa shape index (κ3) is 3.92. The van der Waals surface area contributed by atoms with Crippen LogP contribution in [0.5, 0.6) is 5.75 Å². The van der Waals surface area contributed by atoms with Gasteiger partial charge in [-0.15, -0.1) is 0 Å². The maximum absolute atomic E-state index is 6.03. The third-order valence-corrected chi connectivity index (χ3v) is 3.94. The molecular formula is C13H16Cl3NO. The van der Waals surface area contributed by atoms with E-state index in [1.54, 1.807) is 12.1 Å². The van der Waals surface area contributed by atoms with Gasteiger partial charge in [0, 0.05) is 11.1 Å². The fourth-order valence-electron chi connectivity index (χ4n) is 2.21. The molecule has 0 atom stereocenters. The Kier molecular flexibility index (Phi) is 5.43. The smallest absolute Gasteiger partial charge is 0.158 e. The van der Waals surface area contributed by atoms with Gasteiger partial charge in [-0.3, -0.25) is 5.32 Å². The van der Waals surface area contributed by atoms with E-state index in [2.05, 4.69) is 5.32 Å². The summed E-state index contributed by atoms with van der Waals surface area (Å²) in [7, 11) is 0. The van der Waals surface area contributed by atoms with Gasteiger partial charge in [-0.2, -0.15) is 0 Å². The Balaban J connectivity index is 1.86. The van der Waals surface area contributed by atoms with Crippen LogP contribution in [0.4, 0.5) is 0 Å². The second-order valence-corrected chi connectivity index (χ2v) is 5.78. The molecule has 0 saturated heterocycles. The lowest BCUT2D eigenvalue weighted by Crippen LogP contribution is -2.34. The highest BCUT2D eigenvalue weighted by molar-refractivity contribution is 6.40. The van der Waals surface area contributed by atoms with Crippen LogP contribution in [0.25, 0.3) is 0 Å². The first-order valence-corrected chi connectivity index (χ1v) is 7.31. The summed E-state index contributed by atoms with van der Waals surface area (Å²) in [5.41, 5.74) is 0. The van der Waals surface area contributed by atoms with Crippen LogP contribution in [0.2, 0.25) is 15.1 Å². The molecule has 1 aromatic rings. The van der Waals surface area contributed by atoms with E-state index >= 15 is 0 Å². The molecule has 1 aromatic carbocycles. The average molecular weight is 309 g/mol. The Bertz CT molecular complexity index is 382. The summed E-state index contributed by atoms with van der Waals surface area (Å²) in [6.07, 6.45) is 6.35. The van der Waals surface area contributed by atoms with Crippen LogP contribution in [0.1, 0.15) is 32.1 Å². The van der Waals surface area contributed by atoms with Crippen molar-refractivity contribution in [3.05, 3.63) is 27.2 Å². The van der Waals surface area contributed by atoms with Gasteiger partial charge in [0.05, 0.1) is 10.0 Å². The summed E-state index contributed by atoms with van der Waals surface area (Å²) >= 11 is 17.9. The fourth-order valence-corrected chi connectivity index (χ4v) is 3.13. The van der Waals surface area contributed by atoms with E-state index in [0.29, 0.717) is 33.6 Å². The van der Waals surface area contributed by atoms with Gasteiger partial charge in [0.25, 0.3) is 0 Å². The topological polar surface area (TPSA) is 21.3 Å². The number of rotatable bonds is 4. The van der Waals surface area contributed by atoms with E-state index in [0.717, 1.165) is 0 Å². The number of hydrogen-bond donors (Lipinski definition) is 1. The molecule has 0 heterocycles. The Morgan fingerprint density at radius 1 is 1.06 bits per heavy atom. The van der Waals surface area contributed by atoms with Gasteiger partial charge in [0.15, 0.2) is 5.75 Å². The highest BCUT2D eigenvalue weighted by Gasteiger charge is 2.13. The van der Waals surface area contributed by atoms with E-state index in [-0.39, 0.29) is 0 Å². The molecule has 1 fully saturated rings. The van der Waals surface area contributed by atoms with Gasteiger partial charge in [0.2, 0.25) is 0 Å². The Hall–Kier alpha value is -0.150. The summed E-state index contributed by atoms with van der Waals surface area (Å²) in [6.45, 7) is 0.422. The van der Waals surface area contributed by atoms with E-state index < -0.39 is 0 Å². The van der Waals surface area contributed by atoms with Gasteiger partial charge in [-0.1, -0.05) is 54.1 Å². The van der Waals surface area contributed by atoms with E-state index in [1.807, 2.05) is 0 Å². The van der Waals surface area contributed by atoms with Crippen LogP contribution >= 0.6 is 34.8 Å². The molecule has 2 rings (SSSR count). The van der Waals surface area contributed by atoms with Gasteiger partial charge in [0.1, 0.15) is 6.73 Å². The fraction of sp³-hybridized carbons (Fsp3) is 0.538. The minimum absolute atomic E-state index is 0.422. The van der Waals surface area contributed by atoms with Crippen molar-refractivity contribution in [1.82, 2.24) is 5.32 Å². The third-order valence-electron chi connectivity index (χ3n) is 3.16. The Morgan fingerprint density at radius 3 is 2.28 bits per heavy atom. The van der Waals surface area contributed by atoms with Crippen LogP contribution in [0.15, 0.2) is 12.1 Å². The number of halogens is 3. The summed E-state index contributed by atoms with van der Waals surface area (Å²) < 4.78 is 5.59. The molecule has 0 unspecified atom stereocenters. The lowest BCUT2D eigenvalue weighted by atomic mass is 9.96. The maximum Gasteiger partial charge on any atom is 0.158 e. The van der Waals surface area contributed by atoms with E-state index in [9.17, 15) is 0 Å². The van der Waals surface area contributed by atoms with Crippen LogP contribution < -0.4 is 10.1 Å². The molecule has 5 heteroatoms. The molecule has 0 amide bonds. The summed E-state index contributed by atoms with van der Waals surface area (Å²) in [5.74, 6) is 0.492. The van der Waals surface area contributed by atoms with Crippen molar-refractivity contribution in [2.45, 2.75) is 38.1 Å². The number of benzene rings is 1. The second-order valence-electron chi connectivity index (χ2n) is 4.53. The normalized spacial score (nSPS) is 16.8. The zero-order chi connectivity index (χ0) is 13.0. The molecule has 0 aromatic heterocycles. The molecule has 18 heavy (non-hydrogen) atoms. The van der Waals surface area contributed by atoms with E-state index in [1.165, 1.54) is 32.1 Å². The number of ether oxygens (including phenoxy) is 1. The SMILES string of the molecule is Clc1cc(Cl)c(OCNC2CCCCC2)c(Cl)c1. The molecule has 1 saturated carbocycles. The summed E-state index contributed by atoms with van der Waals surface area (Å²) in [5, 5.41) is 4.76. The molecule has 0 spiro atoms. The van der Waals surface area contributed by atoms with Gasteiger partial charge in [-0.05, 0) is 25.0 Å². The molecular weight excluding hydrogens is 293 g/mol. The lowest BCUT2D eigenvalue weighted by Gasteiger charge is -2.23. The monoisotopic (exact) mass is 307 g/mol. The first-order chi connectivity index (χ1) is 8.66. The van der Waals surface area contributed by atoms with Crippen molar-refractivity contribution in [1.29, 1.82) is 0 Å². The van der Waals surface area contributed by atoms with Crippen LogP contribution in [-0.2, 0) is 0 Å². The standard InChI is InChI=1S/C13H16Cl3NO/c14-9-6-11(15)13(12(16)7-9)18-8-17-10-4-2-1-3-5-10/h6-7,10,17H,1-5,8H2. The molecule has 0 bridgehead atoms. The molecule has 1 aliphatic carbocycles. The van der Waals surface area contributed by atoms with E-state index in [4.69, 9.17) is 39.5 Å². The minimum Gasteiger partial charge on any atom is -0.475 e. The molecule has 1 N–H and O–H groups in total. The van der Waals surface area contributed by atoms with Crippen molar-refractivity contribution < 1.29 is 4.74 Å². The predicted molar refractivity (Wildman–Crippen MR) is 77.0 cm³/mol. The first kappa shape index (κ1) is 14.3. The molecule has 0 radical (unpaired) electrons. The molecule has 1 aliphatic rings. The van der Waals surface area contributed by atoms with Gasteiger partial charge < -0.3 is 4.74 Å². The quantitative estimate of drug-likeness (QED) is 0.798. The molecule has 100 valence electrons. The van der Waals surface area contributed by atoms with Crippen molar-refractivity contribution >= 4 is 34.8 Å². The maximum atomic E-state index is 6.03. The number of nitrogens with one attached hydrogen (secondary N) is 1. The summed E-state index contributed by atoms with van der Waals surface area (Å²) in [4.78, 5) is 0. The van der Waals surface area contributed by atoms with Crippen LogP contribution in [-0.4, -0.2) is 12.8 Å². The highest BCUT2D eigenvalue weighted by atomic mass is 35.5. The summed E-state index contributed by atoms with van der Waals surface area (Å²) in [6, 6.07) is 3.80. The Labute approximate surface area is 123 Å². The van der Waals surface area contributed by atoms with Gasteiger partial charge in [-0.25, -0.2) is 0 Å². The number of hydrogen-bond acceptors (Lipinski definition) is 2. The highest BCUT2D eigenvalue weighted by Crippen LogP contribution is 2.35. The van der Waals surface area contributed by atoms with Crippen molar-refractivity contribution in [3.8, 4) is 5.75 Å². The van der Waals surface area contributed by atoms with Crippen LogP contribution in [0.3, 0.4) is 0 Å². The van der Waals surface area contributed by atoms with Crippen LogP contribution in [0, 0.1) is 0 Å². The Morgan fingerprint density at radius 2 is 1.67 bits per heavy atom.